The molecule has 2 saturated heterocycles. The lowest BCUT2D eigenvalue weighted by Crippen LogP contribution is -2.47. The van der Waals surface area contributed by atoms with Gasteiger partial charge in [0.05, 0.1) is 59.9 Å². The number of nitro benzene ring substituents is 1. The SMILES string of the molecule is CC1(C)CCC(CN2CCN(c3ccc(C(=O)NS(=O)(=O)c4ccc(NC[C@H]5COCCO5)c([N+](=O)[O-])c4)c(N4CCCOc5nc6occc6cc54)c3)CC2)=C(c2ccc(Cl)cc2)C1. The molecule has 0 radical (unpaired) electrons. The molecule has 2 fully saturated rings. The van der Waals surface area contributed by atoms with Crippen LogP contribution in [-0.2, 0) is 19.5 Å². The summed E-state index contributed by atoms with van der Waals surface area (Å²) >= 11 is 6.27. The molecule has 1 atom stereocenters. The molecule has 0 saturated carbocycles. The molecule has 342 valence electrons. The van der Waals surface area contributed by atoms with Crippen molar-refractivity contribution in [3.63, 3.8) is 0 Å². The number of allylic oxidation sites excluding steroid dienone is 1. The predicted octanol–water partition coefficient (Wildman–Crippen LogP) is 8.04. The highest BCUT2D eigenvalue weighted by Crippen LogP contribution is 2.44. The number of hydrogen-bond donors (Lipinski definition) is 2. The van der Waals surface area contributed by atoms with E-state index in [4.69, 9.17) is 30.2 Å². The number of piperazine rings is 1. The van der Waals surface area contributed by atoms with Gasteiger partial charge in [-0.2, -0.15) is 4.98 Å². The number of nitrogens with one attached hydrogen (secondary N) is 2. The number of carbonyl (C=O) groups is 1. The first-order valence-corrected chi connectivity index (χ1v) is 23.8. The van der Waals surface area contributed by atoms with Crippen LogP contribution in [0.25, 0.3) is 16.7 Å². The summed E-state index contributed by atoms with van der Waals surface area (Å²) in [5, 5.41) is 16.6. The molecule has 65 heavy (non-hydrogen) atoms. The van der Waals surface area contributed by atoms with E-state index < -0.39 is 31.4 Å². The van der Waals surface area contributed by atoms with Crippen LogP contribution in [-0.4, -0.2) is 107 Å². The number of nitro groups is 1. The number of benzene rings is 3. The Labute approximate surface area is 382 Å². The first-order valence-electron chi connectivity index (χ1n) is 22.0. The monoisotopic (exact) mass is 925 g/mol. The number of anilines is 4. The fourth-order valence-electron chi connectivity index (χ4n) is 9.06. The summed E-state index contributed by atoms with van der Waals surface area (Å²) in [4.78, 5) is 36.8. The molecule has 4 aliphatic rings. The van der Waals surface area contributed by atoms with Crippen molar-refractivity contribution < 1.29 is 36.8 Å². The van der Waals surface area contributed by atoms with Crippen LogP contribution in [0.5, 0.6) is 5.88 Å². The number of halogens is 1. The van der Waals surface area contributed by atoms with Gasteiger partial charge in [0.2, 0.25) is 11.6 Å². The zero-order valence-electron chi connectivity index (χ0n) is 36.4. The minimum Gasteiger partial charge on any atom is -0.476 e. The number of hydrogen-bond acceptors (Lipinski definition) is 14. The summed E-state index contributed by atoms with van der Waals surface area (Å²) < 4.78 is 52.7. The number of nitrogens with zero attached hydrogens (tertiary/aromatic N) is 5. The van der Waals surface area contributed by atoms with Crippen LogP contribution in [0.15, 0.2) is 93.9 Å². The number of sulfonamides is 1. The molecule has 3 aromatic carbocycles. The Bertz CT molecular complexity index is 2730. The van der Waals surface area contributed by atoms with Gasteiger partial charge >= 0.3 is 0 Å². The highest BCUT2D eigenvalue weighted by molar-refractivity contribution is 7.90. The lowest BCUT2D eigenvalue weighted by Gasteiger charge is -2.39. The molecule has 1 aliphatic carbocycles. The maximum Gasteiger partial charge on any atom is 0.293 e. The van der Waals surface area contributed by atoms with Crippen LogP contribution in [0.3, 0.4) is 0 Å². The van der Waals surface area contributed by atoms with Crippen LogP contribution >= 0.6 is 11.6 Å². The van der Waals surface area contributed by atoms with Gasteiger partial charge in [-0.25, -0.2) is 13.1 Å². The van der Waals surface area contributed by atoms with Gasteiger partial charge in [-0.3, -0.25) is 19.8 Å². The molecule has 2 N–H and O–H groups in total. The molecule has 2 aromatic heterocycles. The summed E-state index contributed by atoms with van der Waals surface area (Å²) in [5.74, 6) is -0.579. The Hall–Kier alpha value is -5.72. The lowest BCUT2D eigenvalue weighted by atomic mass is 9.72. The van der Waals surface area contributed by atoms with Crippen molar-refractivity contribution >= 4 is 72.6 Å². The van der Waals surface area contributed by atoms with Gasteiger partial charge in [0, 0.05) is 68.0 Å². The minimum absolute atomic E-state index is 0.0838. The topological polar surface area (TPSA) is 182 Å². The summed E-state index contributed by atoms with van der Waals surface area (Å²) in [6, 6.07) is 20.7. The number of pyridine rings is 1. The van der Waals surface area contributed by atoms with E-state index in [2.05, 4.69) is 50.8 Å². The van der Waals surface area contributed by atoms with Gasteiger partial charge in [-0.05, 0) is 96.8 Å². The van der Waals surface area contributed by atoms with Crippen molar-refractivity contribution in [2.24, 2.45) is 5.41 Å². The number of furan rings is 1. The van der Waals surface area contributed by atoms with Crippen molar-refractivity contribution in [2.75, 3.05) is 87.4 Å². The number of fused-ring (bicyclic) bond motifs is 2. The normalized spacial score (nSPS) is 19.3. The average molecular weight is 926 g/mol. The third kappa shape index (κ3) is 9.94. The smallest absolute Gasteiger partial charge is 0.293 e. The van der Waals surface area contributed by atoms with Crippen molar-refractivity contribution in [3.8, 4) is 5.88 Å². The van der Waals surface area contributed by atoms with E-state index in [0.29, 0.717) is 62.4 Å². The van der Waals surface area contributed by atoms with Gasteiger partial charge in [0.25, 0.3) is 21.6 Å². The van der Waals surface area contributed by atoms with Gasteiger partial charge in [0.15, 0.2) is 0 Å². The molecular weight excluding hydrogens is 874 g/mol. The predicted molar refractivity (Wildman–Crippen MR) is 249 cm³/mol. The zero-order valence-corrected chi connectivity index (χ0v) is 38.0. The number of carbonyl (C=O) groups excluding carboxylic acids is 1. The Balaban J connectivity index is 0.986. The molecule has 1 amide bonds. The standard InChI is InChI=1S/C47H52ClN7O9S/c1-47(2)14-12-33(39(27-47)31-4-6-34(48)7-5-31)29-52-16-18-53(19-17-52)35-8-10-38(41(25-35)54-15-3-20-63-46-43(54)24-32-13-21-64-45(32)50-46)44(56)51-65(59,60)37-9-11-40(42(26-37)55(57)58)49-28-36-30-61-22-23-62-36/h4-11,13,21,24-26,36,49H,3,12,14-20,22-23,27-30H2,1-2H3,(H,51,56)/t36-/m0/s1. The number of rotatable bonds is 12. The van der Waals surface area contributed by atoms with Crippen LogP contribution in [0.2, 0.25) is 5.02 Å². The van der Waals surface area contributed by atoms with Crippen LogP contribution in [0.1, 0.15) is 55.5 Å². The third-order valence-corrected chi connectivity index (χ3v) is 14.2. The van der Waals surface area contributed by atoms with Crippen LogP contribution in [0.4, 0.5) is 28.4 Å². The van der Waals surface area contributed by atoms with Crippen LogP contribution in [0, 0.1) is 15.5 Å². The van der Waals surface area contributed by atoms with Gasteiger partial charge < -0.3 is 33.7 Å². The van der Waals surface area contributed by atoms with Gasteiger partial charge in [0.1, 0.15) is 11.4 Å². The second-order valence-electron chi connectivity index (χ2n) is 17.7. The molecule has 9 rings (SSSR count). The lowest BCUT2D eigenvalue weighted by molar-refractivity contribution is -0.384. The van der Waals surface area contributed by atoms with Crippen molar-refractivity contribution in [1.29, 1.82) is 0 Å². The molecule has 3 aliphatic heterocycles. The van der Waals surface area contributed by atoms with E-state index in [1.807, 2.05) is 35.2 Å². The number of aromatic nitrogens is 1. The van der Waals surface area contributed by atoms with Crippen molar-refractivity contribution in [1.82, 2.24) is 14.6 Å². The Morgan fingerprint density at radius 2 is 1.78 bits per heavy atom. The van der Waals surface area contributed by atoms with E-state index in [-0.39, 0.29) is 29.3 Å². The second-order valence-corrected chi connectivity index (χ2v) is 19.8. The number of amides is 1. The first kappa shape index (κ1) is 44.5. The van der Waals surface area contributed by atoms with E-state index in [1.54, 1.807) is 18.4 Å². The van der Waals surface area contributed by atoms with E-state index in [1.165, 1.54) is 28.8 Å². The minimum atomic E-state index is -4.60. The Morgan fingerprint density at radius 3 is 2.55 bits per heavy atom. The fourth-order valence-corrected chi connectivity index (χ4v) is 10.2. The highest BCUT2D eigenvalue weighted by Gasteiger charge is 2.32. The Kier molecular flexibility index (Phi) is 12.8. The molecule has 0 spiro atoms. The summed E-state index contributed by atoms with van der Waals surface area (Å²) in [5.41, 5.74) is 6.37. The van der Waals surface area contributed by atoms with Crippen molar-refractivity contribution in [3.05, 3.63) is 111 Å². The summed E-state index contributed by atoms with van der Waals surface area (Å²) in [6.07, 6.45) is 4.98. The molecular formula is C47H52ClN7O9S. The maximum absolute atomic E-state index is 14.4. The summed E-state index contributed by atoms with van der Waals surface area (Å²) in [7, 11) is -4.60. The number of ether oxygens (including phenoxy) is 3. The van der Waals surface area contributed by atoms with Gasteiger partial charge in [-0.1, -0.05) is 43.2 Å². The molecule has 16 nitrogen and oxygen atoms in total. The quantitative estimate of drug-likeness (QED) is 0.0906. The Morgan fingerprint density at radius 1 is 0.969 bits per heavy atom. The van der Waals surface area contributed by atoms with E-state index in [0.717, 1.165) is 74.1 Å². The first-order chi connectivity index (χ1) is 31.3. The largest absolute Gasteiger partial charge is 0.476 e. The summed E-state index contributed by atoms with van der Waals surface area (Å²) in [6.45, 7) is 10.9. The molecule has 0 bridgehead atoms. The zero-order chi connectivity index (χ0) is 45.3. The van der Waals surface area contributed by atoms with Gasteiger partial charge in [-0.15, -0.1) is 0 Å². The third-order valence-electron chi connectivity index (χ3n) is 12.6. The van der Waals surface area contributed by atoms with E-state index in [9.17, 15) is 23.3 Å². The molecule has 18 heteroatoms. The van der Waals surface area contributed by atoms with Crippen LogP contribution < -0.4 is 24.6 Å². The molecule has 5 heterocycles. The van der Waals surface area contributed by atoms with E-state index >= 15 is 0 Å². The van der Waals surface area contributed by atoms with Crippen molar-refractivity contribution in [2.45, 2.75) is 50.5 Å². The average Bonchev–Trinajstić information content (AvgIpc) is 3.66. The fraction of sp³-hybridized carbons (Fsp3) is 0.404. The maximum atomic E-state index is 14.4. The molecule has 5 aromatic rings. The second kappa shape index (κ2) is 18.6. The highest BCUT2D eigenvalue weighted by atomic mass is 35.5. The molecule has 0 unspecified atom stereocenters.